The van der Waals surface area contributed by atoms with Gasteiger partial charge in [0, 0.05) is 38.5 Å². The maximum atomic E-state index is 9.76. The monoisotopic (exact) mass is 610 g/mol. The highest BCUT2D eigenvalue weighted by Gasteiger charge is 2.20. The minimum absolute atomic E-state index is 0.628. The number of fused-ring (bicyclic) bond motifs is 6. The van der Waals surface area contributed by atoms with Crippen molar-refractivity contribution in [1.82, 2.24) is 9.13 Å². The molecule has 0 aliphatic rings. The van der Waals surface area contributed by atoms with E-state index in [2.05, 4.69) is 143 Å². The molecule has 48 heavy (non-hydrogen) atoms. The first kappa shape index (κ1) is 27.4. The molecule has 222 valence electrons. The Kier molecular flexibility index (Phi) is 6.22. The van der Waals surface area contributed by atoms with Crippen molar-refractivity contribution in [2.45, 2.75) is 0 Å². The van der Waals surface area contributed by atoms with Gasteiger partial charge >= 0.3 is 0 Å². The average molecular weight is 611 g/mol. The summed E-state index contributed by atoms with van der Waals surface area (Å²) in [6.07, 6.45) is 0. The summed E-state index contributed by atoms with van der Waals surface area (Å²) in [5, 5.41) is 23.9. The Morgan fingerprint density at radius 2 is 1.02 bits per heavy atom. The zero-order chi connectivity index (χ0) is 32.2. The zero-order valence-electron chi connectivity index (χ0n) is 25.8. The van der Waals surface area contributed by atoms with Gasteiger partial charge in [0.15, 0.2) is 0 Å². The Bertz CT molecular complexity index is 2800. The lowest BCUT2D eigenvalue weighted by Gasteiger charge is -2.15. The average Bonchev–Trinajstić information content (AvgIpc) is 3.67. The lowest BCUT2D eigenvalue weighted by atomic mass is 9.92. The SMILES string of the molecule is N#Cc1cccc(-n2c3ccccc3c3ccc(-c4ccccc4-c4cccc5c6cc(C#N)ccc6n(-c6ccccc6)c45)cc32)c1. The molecule has 0 amide bonds. The number of nitrogens with zero attached hydrogens (tertiary/aromatic N) is 4. The Balaban J connectivity index is 1.33. The molecule has 0 fully saturated rings. The third-order valence-electron chi connectivity index (χ3n) is 9.37. The van der Waals surface area contributed by atoms with Gasteiger partial charge in [-0.1, -0.05) is 97.1 Å². The van der Waals surface area contributed by atoms with Gasteiger partial charge in [-0.2, -0.15) is 10.5 Å². The van der Waals surface area contributed by atoms with E-state index in [1.807, 2.05) is 36.4 Å². The standard InChI is InChI=1S/C44H26N4/c45-27-29-10-8-13-33(24-29)47-41-19-7-6-16-36(41)37-22-21-31(26-43(37)47)34-14-4-5-15-35(34)38-17-9-18-39-40-25-30(28-46)20-23-42(40)48(44(38)39)32-11-2-1-3-12-32/h1-26H. The fourth-order valence-corrected chi connectivity index (χ4v) is 7.30. The molecule has 0 radical (unpaired) electrons. The molecular formula is C44H26N4. The van der Waals surface area contributed by atoms with Crippen molar-refractivity contribution in [1.29, 1.82) is 10.5 Å². The largest absolute Gasteiger partial charge is 0.309 e. The van der Waals surface area contributed by atoms with Crippen molar-refractivity contribution in [3.8, 4) is 45.8 Å². The van der Waals surface area contributed by atoms with Crippen LogP contribution in [0.15, 0.2) is 158 Å². The second-order valence-electron chi connectivity index (χ2n) is 12.0. The molecule has 9 aromatic rings. The van der Waals surface area contributed by atoms with E-state index in [-0.39, 0.29) is 0 Å². The van der Waals surface area contributed by atoms with E-state index in [0.717, 1.165) is 71.9 Å². The summed E-state index contributed by atoms with van der Waals surface area (Å²) in [4.78, 5) is 0. The first-order valence-corrected chi connectivity index (χ1v) is 15.9. The van der Waals surface area contributed by atoms with Gasteiger partial charge < -0.3 is 9.13 Å². The zero-order valence-corrected chi connectivity index (χ0v) is 25.8. The summed E-state index contributed by atoms with van der Waals surface area (Å²) in [6, 6.07) is 59.1. The molecule has 0 aliphatic carbocycles. The van der Waals surface area contributed by atoms with Crippen LogP contribution < -0.4 is 0 Å². The fourth-order valence-electron chi connectivity index (χ4n) is 7.30. The maximum Gasteiger partial charge on any atom is 0.0992 e. The molecule has 0 saturated carbocycles. The highest BCUT2D eigenvalue weighted by molar-refractivity contribution is 6.15. The van der Waals surface area contributed by atoms with Gasteiger partial charge in [0.2, 0.25) is 0 Å². The van der Waals surface area contributed by atoms with Crippen LogP contribution in [0, 0.1) is 22.7 Å². The van der Waals surface area contributed by atoms with Crippen LogP contribution in [0.5, 0.6) is 0 Å². The van der Waals surface area contributed by atoms with E-state index >= 15 is 0 Å². The van der Waals surface area contributed by atoms with Crippen molar-refractivity contribution in [2.24, 2.45) is 0 Å². The number of aromatic nitrogens is 2. The Morgan fingerprint density at radius 3 is 1.88 bits per heavy atom. The van der Waals surface area contributed by atoms with Crippen LogP contribution in [0.2, 0.25) is 0 Å². The molecule has 0 aliphatic heterocycles. The summed E-state index contributed by atoms with van der Waals surface area (Å²) in [5.41, 5.74) is 12.1. The quantitative estimate of drug-likeness (QED) is 0.199. The number of hydrogen-bond acceptors (Lipinski definition) is 2. The molecule has 4 heteroatoms. The van der Waals surface area contributed by atoms with Crippen molar-refractivity contribution >= 4 is 43.6 Å². The third-order valence-corrected chi connectivity index (χ3v) is 9.37. The van der Waals surface area contributed by atoms with Gasteiger partial charge in [0.1, 0.15) is 0 Å². The van der Waals surface area contributed by atoms with Crippen molar-refractivity contribution < 1.29 is 0 Å². The van der Waals surface area contributed by atoms with E-state index in [9.17, 15) is 10.5 Å². The minimum atomic E-state index is 0.628. The van der Waals surface area contributed by atoms with E-state index < -0.39 is 0 Å². The van der Waals surface area contributed by atoms with Gasteiger partial charge in [0.05, 0.1) is 45.3 Å². The number of hydrogen-bond donors (Lipinski definition) is 0. The molecule has 7 aromatic carbocycles. The minimum Gasteiger partial charge on any atom is -0.309 e. The fraction of sp³-hybridized carbons (Fsp3) is 0. The molecule has 0 atom stereocenters. The molecule has 9 rings (SSSR count). The molecule has 0 spiro atoms. The van der Waals surface area contributed by atoms with Gasteiger partial charge in [-0.15, -0.1) is 0 Å². The normalized spacial score (nSPS) is 11.3. The van der Waals surface area contributed by atoms with Crippen LogP contribution in [0.25, 0.3) is 77.2 Å². The number of nitriles is 2. The van der Waals surface area contributed by atoms with Crippen LogP contribution in [0.3, 0.4) is 0 Å². The molecule has 0 unspecified atom stereocenters. The van der Waals surface area contributed by atoms with Gasteiger partial charge in [0.25, 0.3) is 0 Å². The van der Waals surface area contributed by atoms with Gasteiger partial charge in [-0.3, -0.25) is 0 Å². The summed E-state index contributed by atoms with van der Waals surface area (Å²) < 4.78 is 4.58. The number of rotatable bonds is 4. The molecule has 2 aromatic heterocycles. The van der Waals surface area contributed by atoms with E-state index in [1.165, 1.54) is 5.39 Å². The molecule has 2 heterocycles. The van der Waals surface area contributed by atoms with Crippen LogP contribution >= 0.6 is 0 Å². The van der Waals surface area contributed by atoms with E-state index in [0.29, 0.717) is 11.1 Å². The smallest absolute Gasteiger partial charge is 0.0992 e. The van der Waals surface area contributed by atoms with Gasteiger partial charge in [-0.05, 0) is 77.4 Å². The first-order valence-electron chi connectivity index (χ1n) is 15.9. The third kappa shape index (κ3) is 4.14. The highest BCUT2D eigenvalue weighted by atomic mass is 15.0. The molecule has 0 N–H and O–H groups in total. The number of para-hydroxylation sites is 3. The first-order chi connectivity index (χ1) is 23.7. The second kappa shape index (κ2) is 10.9. The van der Waals surface area contributed by atoms with Crippen LogP contribution in [-0.4, -0.2) is 9.13 Å². The van der Waals surface area contributed by atoms with Crippen molar-refractivity contribution in [2.75, 3.05) is 0 Å². The summed E-state index contributed by atoms with van der Waals surface area (Å²) in [7, 11) is 0. The number of benzene rings is 7. The Labute approximate surface area is 277 Å². The Hall–Kier alpha value is -6.88. The van der Waals surface area contributed by atoms with Crippen LogP contribution in [0.1, 0.15) is 11.1 Å². The molecule has 0 bridgehead atoms. The maximum absolute atomic E-state index is 9.76. The lowest BCUT2D eigenvalue weighted by Crippen LogP contribution is -1.96. The molecular weight excluding hydrogens is 585 g/mol. The molecule has 4 nitrogen and oxygen atoms in total. The predicted molar refractivity (Wildman–Crippen MR) is 195 cm³/mol. The second-order valence-corrected chi connectivity index (χ2v) is 12.0. The van der Waals surface area contributed by atoms with Crippen LogP contribution in [0.4, 0.5) is 0 Å². The van der Waals surface area contributed by atoms with Crippen molar-refractivity contribution in [3.05, 3.63) is 169 Å². The lowest BCUT2D eigenvalue weighted by molar-refractivity contribution is 1.18. The summed E-state index contributed by atoms with van der Waals surface area (Å²) in [5.74, 6) is 0. The van der Waals surface area contributed by atoms with Crippen molar-refractivity contribution in [3.63, 3.8) is 0 Å². The summed E-state index contributed by atoms with van der Waals surface area (Å²) in [6.45, 7) is 0. The van der Waals surface area contributed by atoms with E-state index in [1.54, 1.807) is 0 Å². The topological polar surface area (TPSA) is 57.4 Å². The highest BCUT2D eigenvalue weighted by Crippen LogP contribution is 2.43. The summed E-state index contributed by atoms with van der Waals surface area (Å²) >= 11 is 0. The van der Waals surface area contributed by atoms with E-state index in [4.69, 9.17) is 0 Å². The Morgan fingerprint density at radius 1 is 0.375 bits per heavy atom. The predicted octanol–water partition coefficient (Wildman–Crippen LogP) is 11.0. The molecule has 0 saturated heterocycles. The van der Waals surface area contributed by atoms with Crippen LogP contribution in [-0.2, 0) is 0 Å². The van der Waals surface area contributed by atoms with Gasteiger partial charge in [-0.25, -0.2) is 0 Å².